The first-order chi connectivity index (χ1) is 13.5. The third-order valence-corrected chi connectivity index (χ3v) is 4.52. The molecule has 0 unspecified atom stereocenters. The van der Waals surface area contributed by atoms with Crippen LogP contribution in [0, 0.1) is 11.6 Å². The summed E-state index contributed by atoms with van der Waals surface area (Å²) < 4.78 is 39.5. The molecule has 3 aromatic rings. The smallest absolute Gasteiger partial charge is 0.319 e. The highest BCUT2D eigenvalue weighted by Gasteiger charge is 2.20. The van der Waals surface area contributed by atoms with E-state index in [-0.39, 0.29) is 17.5 Å². The fourth-order valence-electron chi connectivity index (χ4n) is 2.91. The van der Waals surface area contributed by atoms with Gasteiger partial charge in [0.1, 0.15) is 11.4 Å². The Hall–Kier alpha value is -2.91. The molecule has 1 aromatic carbocycles. The molecule has 1 aliphatic heterocycles. The molecule has 4 rings (SSSR count). The highest BCUT2D eigenvalue weighted by atomic mass is 35.5. The summed E-state index contributed by atoms with van der Waals surface area (Å²) in [5, 5.41) is 5.78. The number of anilines is 1. The first-order valence-electron chi connectivity index (χ1n) is 8.45. The molecule has 10 heteroatoms. The molecule has 0 bridgehead atoms. The second-order valence-electron chi connectivity index (χ2n) is 6.20. The number of nitrogens with one attached hydrogen (secondary N) is 3. The summed E-state index contributed by atoms with van der Waals surface area (Å²) >= 11 is 6.07. The number of fused-ring (bicyclic) bond motifs is 1. The number of hydrogen-bond donors (Lipinski definition) is 3. The topological polar surface area (TPSA) is 88.3 Å². The summed E-state index contributed by atoms with van der Waals surface area (Å²) in [6.45, 7) is 0.971. The molecular formula is C18H15ClF2N4O3. The zero-order valence-electron chi connectivity index (χ0n) is 14.4. The Bertz CT molecular complexity index is 1010. The summed E-state index contributed by atoms with van der Waals surface area (Å²) in [6, 6.07) is 2.69. The zero-order valence-corrected chi connectivity index (χ0v) is 15.1. The van der Waals surface area contributed by atoms with Crippen molar-refractivity contribution in [1.29, 1.82) is 0 Å². The average molecular weight is 409 g/mol. The summed E-state index contributed by atoms with van der Waals surface area (Å²) in [4.78, 5) is 18.8. The number of pyridine rings is 1. The fourth-order valence-corrected chi connectivity index (χ4v) is 3.15. The van der Waals surface area contributed by atoms with E-state index in [0.29, 0.717) is 35.7 Å². The van der Waals surface area contributed by atoms with Crippen LogP contribution in [0.1, 0.15) is 6.42 Å². The molecule has 28 heavy (non-hydrogen) atoms. The van der Waals surface area contributed by atoms with Crippen molar-refractivity contribution in [1.82, 2.24) is 15.3 Å². The number of carbonyl (C=O) groups excluding carboxylic acids is 1. The molecule has 3 heterocycles. The van der Waals surface area contributed by atoms with E-state index < -0.39 is 23.4 Å². The molecule has 1 fully saturated rings. The summed E-state index contributed by atoms with van der Waals surface area (Å²) in [5.41, 5.74) is 0.382. The number of amides is 2. The highest BCUT2D eigenvalue weighted by Crippen LogP contribution is 2.36. The maximum Gasteiger partial charge on any atom is 0.319 e. The molecule has 146 valence electrons. The average Bonchev–Trinajstić information content (AvgIpc) is 3.28. The molecule has 0 aliphatic carbocycles. The number of carbonyl (C=O) groups is 1. The van der Waals surface area contributed by atoms with E-state index in [1.54, 1.807) is 0 Å². The SMILES string of the molecule is O=C(Nc1cc(F)c(Oc2ccnc3[nH]cc(Cl)c23)c(F)c1)N[C@@H]1CCOC1. The van der Waals surface area contributed by atoms with E-state index in [2.05, 4.69) is 20.6 Å². The lowest BCUT2D eigenvalue weighted by Crippen LogP contribution is -2.38. The zero-order chi connectivity index (χ0) is 19.7. The second-order valence-corrected chi connectivity index (χ2v) is 6.61. The van der Waals surface area contributed by atoms with Crippen LogP contribution < -0.4 is 15.4 Å². The number of hydrogen-bond acceptors (Lipinski definition) is 4. The van der Waals surface area contributed by atoms with Crippen molar-refractivity contribution >= 4 is 34.4 Å². The van der Waals surface area contributed by atoms with Gasteiger partial charge in [-0.25, -0.2) is 18.6 Å². The number of aromatic nitrogens is 2. The van der Waals surface area contributed by atoms with E-state index in [1.807, 2.05) is 0 Å². The first kappa shape index (κ1) is 18.5. The van der Waals surface area contributed by atoms with Crippen LogP contribution >= 0.6 is 11.6 Å². The van der Waals surface area contributed by atoms with E-state index in [9.17, 15) is 13.6 Å². The van der Waals surface area contributed by atoms with E-state index in [4.69, 9.17) is 21.1 Å². The standard InChI is InChI=1S/C18H15ClF2N4O3/c19-11-7-23-17-15(11)14(1-3-22-17)28-16-12(20)5-10(6-13(16)21)25-18(26)24-9-2-4-27-8-9/h1,3,5-7,9H,2,4,8H2,(H,22,23)(H2,24,25,26)/t9-/m1/s1. The van der Waals surface area contributed by atoms with Gasteiger partial charge in [-0.2, -0.15) is 0 Å². The molecule has 0 radical (unpaired) electrons. The molecule has 1 atom stereocenters. The molecule has 2 aromatic heterocycles. The number of H-pyrrole nitrogens is 1. The molecule has 0 spiro atoms. The number of benzene rings is 1. The van der Waals surface area contributed by atoms with Gasteiger partial charge < -0.3 is 25.1 Å². The molecular weight excluding hydrogens is 394 g/mol. The van der Waals surface area contributed by atoms with Crippen molar-refractivity contribution in [3.63, 3.8) is 0 Å². The van der Waals surface area contributed by atoms with E-state index in [1.165, 1.54) is 18.5 Å². The molecule has 7 nitrogen and oxygen atoms in total. The quantitative estimate of drug-likeness (QED) is 0.603. The van der Waals surface area contributed by atoms with Crippen molar-refractivity contribution in [3.8, 4) is 11.5 Å². The Morgan fingerprint density at radius 3 is 2.86 bits per heavy atom. The lowest BCUT2D eigenvalue weighted by molar-refractivity contribution is 0.189. The van der Waals surface area contributed by atoms with Gasteiger partial charge in [0.15, 0.2) is 17.4 Å². The number of halogens is 3. The minimum Gasteiger partial charge on any atom is -0.450 e. The molecule has 1 saturated heterocycles. The Morgan fingerprint density at radius 2 is 2.14 bits per heavy atom. The Kier molecular flexibility index (Phi) is 5.01. The van der Waals surface area contributed by atoms with Gasteiger partial charge in [-0.05, 0) is 12.5 Å². The van der Waals surface area contributed by atoms with Gasteiger partial charge in [0.2, 0.25) is 0 Å². The van der Waals surface area contributed by atoms with Crippen molar-refractivity contribution in [2.24, 2.45) is 0 Å². The first-order valence-corrected chi connectivity index (χ1v) is 8.83. The molecule has 2 amide bonds. The molecule has 0 saturated carbocycles. The maximum absolute atomic E-state index is 14.5. The van der Waals surface area contributed by atoms with E-state index in [0.717, 1.165) is 12.1 Å². The Balaban J connectivity index is 1.54. The third-order valence-electron chi connectivity index (χ3n) is 4.22. The summed E-state index contributed by atoms with van der Waals surface area (Å²) in [7, 11) is 0. The monoisotopic (exact) mass is 408 g/mol. The van der Waals surface area contributed by atoms with Gasteiger partial charge in [-0.3, -0.25) is 0 Å². The van der Waals surface area contributed by atoms with Gasteiger partial charge in [0.25, 0.3) is 0 Å². The van der Waals surface area contributed by atoms with Crippen LogP contribution in [0.3, 0.4) is 0 Å². The number of nitrogens with zero attached hydrogens (tertiary/aromatic N) is 1. The van der Waals surface area contributed by atoms with Crippen LogP contribution in [-0.2, 0) is 4.74 Å². The van der Waals surface area contributed by atoms with Crippen molar-refractivity contribution in [2.75, 3.05) is 18.5 Å². The summed E-state index contributed by atoms with van der Waals surface area (Å²) in [5.74, 6) is -2.42. The normalized spacial score (nSPS) is 16.3. The number of urea groups is 1. The fraction of sp³-hybridized carbons (Fsp3) is 0.222. The molecule has 3 N–H and O–H groups in total. The Labute approximate surface area is 163 Å². The van der Waals surface area contributed by atoms with Crippen molar-refractivity contribution in [2.45, 2.75) is 12.5 Å². The van der Waals surface area contributed by atoms with Crippen LogP contribution in [0.4, 0.5) is 19.3 Å². The van der Waals surface area contributed by atoms with Crippen molar-refractivity contribution in [3.05, 3.63) is 47.2 Å². The lowest BCUT2D eigenvalue weighted by Gasteiger charge is -2.14. The van der Waals surface area contributed by atoms with Crippen LogP contribution in [0.25, 0.3) is 11.0 Å². The van der Waals surface area contributed by atoms with Crippen LogP contribution in [0.15, 0.2) is 30.6 Å². The van der Waals surface area contributed by atoms with Crippen molar-refractivity contribution < 1.29 is 23.0 Å². The van der Waals surface area contributed by atoms with Crippen LogP contribution in [-0.4, -0.2) is 35.3 Å². The maximum atomic E-state index is 14.5. The highest BCUT2D eigenvalue weighted by molar-refractivity contribution is 6.36. The largest absolute Gasteiger partial charge is 0.450 e. The predicted octanol–water partition coefficient (Wildman–Crippen LogP) is 4.20. The van der Waals surface area contributed by atoms with Gasteiger partial charge >= 0.3 is 6.03 Å². The molecule has 1 aliphatic rings. The second kappa shape index (κ2) is 7.61. The van der Waals surface area contributed by atoms with Gasteiger partial charge in [0.05, 0.1) is 23.1 Å². The van der Waals surface area contributed by atoms with Gasteiger partial charge in [-0.1, -0.05) is 11.6 Å². The Morgan fingerprint density at radius 1 is 1.36 bits per heavy atom. The number of aromatic amines is 1. The van der Waals surface area contributed by atoms with Crippen LogP contribution in [0.2, 0.25) is 5.02 Å². The summed E-state index contributed by atoms with van der Waals surface area (Å²) in [6.07, 6.45) is 3.61. The van der Waals surface area contributed by atoms with Crippen LogP contribution in [0.5, 0.6) is 11.5 Å². The van der Waals surface area contributed by atoms with Gasteiger partial charge in [0, 0.05) is 36.8 Å². The number of rotatable bonds is 4. The third kappa shape index (κ3) is 3.71. The predicted molar refractivity (Wildman–Crippen MR) is 98.9 cm³/mol. The lowest BCUT2D eigenvalue weighted by atomic mass is 10.2. The van der Waals surface area contributed by atoms with Gasteiger partial charge in [-0.15, -0.1) is 0 Å². The minimum absolute atomic E-state index is 0.0432. The number of ether oxygens (including phenoxy) is 2. The minimum atomic E-state index is -0.976. The van der Waals surface area contributed by atoms with E-state index >= 15 is 0 Å².